The van der Waals surface area contributed by atoms with Gasteiger partial charge in [-0.25, -0.2) is 4.57 Å². The topological polar surface area (TPSA) is 33.4 Å². The van der Waals surface area contributed by atoms with Crippen molar-refractivity contribution in [3.8, 4) is 5.75 Å². The second-order valence-electron chi connectivity index (χ2n) is 11.2. The summed E-state index contributed by atoms with van der Waals surface area (Å²) in [5.74, 6) is 0.657. The zero-order valence-electron chi connectivity index (χ0n) is 25.3. The first-order valence-corrected chi connectivity index (χ1v) is 16.2. The monoisotopic (exact) mass is 577 g/mol. The van der Waals surface area contributed by atoms with Crippen LogP contribution >= 0.6 is 11.6 Å². The Hall–Kier alpha value is -2.85. The van der Waals surface area contributed by atoms with Crippen LogP contribution in [0, 0.1) is 0 Å². The number of rotatable bonds is 20. The van der Waals surface area contributed by atoms with E-state index >= 15 is 0 Å². The van der Waals surface area contributed by atoms with E-state index in [1.165, 1.54) is 83.5 Å². The lowest BCUT2D eigenvalue weighted by molar-refractivity contribution is -0.671. The SMILES string of the molecule is CCCCCCCCCCCCCCCCOc1ccc(CN(C(=O)c2cc[n+](C)cc2)c2ccccc2)cc1Cl. The van der Waals surface area contributed by atoms with E-state index in [1.54, 1.807) is 4.90 Å². The van der Waals surface area contributed by atoms with Gasteiger partial charge >= 0.3 is 0 Å². The van der Waals surface area contributed by atoms with Gasteiger partial charge in [0.05, 0.1) is 23.7 Å². The van der Waals surface area contributed by atoms with E-state index in [9.17, 15) is 4.79 Å². The molecule has 0 saturated heterocycles. The Morgan fingerprint density at radius 3 is 1.88 bits per heavy atom. The summed E-state index contributed by atoms with van der Waals surface area (Å²) in [5, 5.41) is 0.583. The lowest BCUT2D eigenvalue weighted by Gasteiger charge is -2.23. The van der Waals surface area contributed by atoms with Crippen LogP contribution in [0.1, 0.15) is 113 Å². The van der Waals surface area contributed by atoms with Gasteiger partial charge in [-0.2, -0.15) is 0 Å². The minimum Gasteiger partial charge on any atom is -0.492 e. The molecule has 1 aromatic heterocycles. The highest BCUT2D eigenvalue weighted by Crippen LogP contribution is 2.28. The molecule has 0 aliphatic heterocycles. The predicted molar refractivity (Wildman–Crippen MR) is 172 cm³/mol. The number of aromatic nitrogens is 1. The average Bonchev–Trinajstić information content (AvgIpc) is 2.99. The van der Waals surface area contributed by atoms with Gasteiger partial charge in [0.1, 0.15) is 12.8 Å². The quantitative estimate of drug-likeness (QED) is 0.0988. The number of amides is 1. The van der Waals surface area contributed by atoms with Crippen molar-refractivity contribution in [1.29, 1.82) is 0 Å². The van der Waals surface area contributed by atoms with Crippen molar-refractivity contribution in [1.82, 2.24) is 0 Å². The third-order valence-electron chi connectivity index (χ3n) is 7.63. The van der Waals surface area contributed by atoms with Crippen LogP contribution in [-0.2, 0) is 13.6 Å². The van der Waals surface area contributed by atoms with Crippen molar-refractivity contribution in [3.63, 3.8) is 0 Å². The van der Waals surface area contributed by atoms with Crippen molar-refractivity contribution < 1.29 is 14.1 Å². The molecule has 1 amide bonds. The molecule has 5 heteroatoms. The standard InChI is InChI=1S/C36H50ClN2O2/c1-3-4-5-6-7-8-9-10-11-12-13-14-15-19-28-41-35-23-22-31(29-34(35)37)30-39(33-20-17-16-18-21-33)36(40)32-24-26-38(2)27-25-32/h16-18,20-27,29H,3-15,19,28,30H2,1-2H3/q+1. The van der Waals surface area contributed by atoms with E-state index in [0.717, 1.165) is 17.7 Å². The molecule has 0 spiro atoms. The third-order valence-corrected chi connectivity index (χ3v) is 7.93. The van der Waals surface area contributed by atoms with Crippen LogP contribution in [0.2, 0.25) is 5.02 Å². The molecule has 0 fully saturated rings. The Morgan fingerprint density at radius 2 is 1.32 bits per heavy atom. The summed E-state index contributed by atoms with van der Waals surface area (Å²) in [7, 11) is 1.94. The molecule has 4 nitrogen and oxygen atoms in total. The lowest BCUT2D eigenvalue weighted by atomic mass is 10.0. The van der Waals surface area contributed by atoms with Gasteiger partial charge in [0.2, 0.25) is 0 Å². The predicted octanol–water partition coefficient (Wildman–Crippen LogP) is 9.87. The maximum atomic E-state index is 13.4. The Balaban J connectivity index is 1.37. The second kappa shape index (κ2) is 19.3. The minimum absolute atomic E-state index is 0.0500. The van der Waals surface area contributed by atoms with Gasteiger partial charge in [-0.05, 0) is 36.2 Å². The van der Waals surface area contributed by atoms with E-state index in [-0.39, 0.29) is 5.91 Å². The molecular formula is C36H50ClN2O2+. The van der Waals surface area contributed by atoms with Gasteiger partial charge in [0.25, 0.3) is 5.91 Å². The summed E-state index contributed by atoms with van der Waals surface area (Å²) in [6.07, 6.45) is 22.6. The Bertz CT molecular complexity index is 1130. The summed E-state index contributed by atoms with van der Waals surface area (Å²) in [5.41, 5.74) is 2.45. The lowest BCUT2D eigenvalue weighted by Crippen LogP contribution is -2.32. The second-order valence-corrected chi connectivity index (χ2v) is 11.6. The van der Waals surface area contributed by atoms with Crippen molar-refractivity contribution in [2.75, 3.05) is 11.5 Å². The zero-order valence-corrected chi connectivity index (χ0v) is 26.1. The Kier molecular flexibility index (Phi) is 15.4. The number of para-hydroxylation sites is 1. The minimum atomic E-state index is -0.0500. The van der Waals surface area contributed by atoms with Crippen LogP contribution in [0.5, 0.6) is 5.75 Å². The number of halogens is 1. The first kappa shape index (κ1) is 32.7. The summed E-state index contributed by atoms with van der Waals surface area (Å²) >= 11 is 6.61. The van der Waals surface area contributed by atoms with E-state index in [2.05, 4.69) is 6.92 Å². The molecule has 41 heavy (non-hydrogen) atoms. The molecule has 3 aromatic rings. The van der Waals surface area contributed by atoms with Crippen molar-refractivity contribution in [2.24, 2.45) is 7.05 Å². The number of ether oxygens (including phenoxy) is 1. The zero-order chi connectivity index (χ0) is 29.1. The Morgan fingerprint density at radius 1 is 0.756 bits per heavy atom. The van der Waals surface area contributed by atoms with E-state index in [4.69, 9.17) is 16.3 Å². The fourth-order valence-electron chi connectivity index (χ4n) is 5.11. The largest absolute Gasteiger partial charge is 0.492 e. The molecule has 2 aromatic carbocycles. The molecule has 0 radical (unpaired) electrons. The number of unbranched alkanes of at least 4 members (excludes halogenated alkanes) is 13. The molecule has 222 valence electrons. The summed E-state index contributed by atoms with van der Waals surface area (Å²) in [6, 6.07) is 19.3. The number of benzene rings is 2. The Labute approximate surface area is 253 Å². The number of nitrogens with zero attached hydrogens (tertiary/aromatic N) is 2. The van der Waals surface area contributed by atoms with Gasteiger partial charge in [0, 0.05) is 17.8 Å². The van der Waals surface area contributed by atoms with Crippen LogP contribution < -0.4 is 14.2 Å². The molecule has 0 N–H and O–H groups in total. The number of hydrogen-bond acceptors (Lipinski definition) is 2. The maximum absolute atomic E-state index is 13.4. The van der Waals surface area contributed by atoms with E-state index in [0.29, 0.717) is 29.5 Å². The maximum Gasteiger partial charge on any atom is 0.259 e. The molecule has 0 aliphatic rings. The van der Waals surface area contributed by atoms with Gasteiger partial charge in [0.15, 0.2) is 12.4 Å². The number of anilines is 1. The number of hydrogen-bond donors (Lipinski definition) is 0. The van der Waals surface area contributed by atoms with E-state index in [1.807, 2.05) is 84.7 Å². The highest BCUT2D eigenvalue weighted by molar-refractivity contribution is 6.32. The molecule has 0 unspecified atom stereocenters. The molecular weight excluding hydrogens is 528 g/mol. The van der Waals surface area contributed by atoms with Crippen LogP contribution in [0.15, 0.2) is 73.1 Å². The molecule has 0 bridgehead atoms. The average molecular weight is 578 g/mol. The van der Waals surface area contributed by atoms with Crippen LogP contribution in [0.25, 0.3) is 0 Å². The number of pyridine rings is 1. The smallest absolute Gasteiger partial charge is 0.259 e. The van der Waals surface area contributed by atoms with Crippen molar-refractivity contribution in [2.45, 2.75) is 103 Å². The number of carbonyl (C=O) groups excluding carboxylic acids is 1. The summed E-state index contributed by atoms with van der Waals surface area (Å²) in [6.45, 7) is 3.38. The first-order valence-electron chi connectivity index (χ1n) is 15.8. The molecule has 1 heterocycles. The van der Waals surface area contributed by atoms with E-state index < -0.39 is 0 Å². The fraction of sp³-hybridized carbons (Fsp3) is 0.500. The van der Waals surface area contributed by atoms with Gasteiger partial charge in [-0.3, -0.25) is 4.79 Å². The van der Waals surface area contributed by atoms with Gasteiger partial charge in [-0.1, -0.05) is 126 Å². The molecule has 0 atom stereocenters. The molecule has 0 saturated carbocycles. The van der Waals surface area contributed by atoms with Crippen molar-refractivity contribution >= 4 is 23.2 Å². The highest BCUT2D eigenvalue weighted by atomic mass is 35.5. The molecule has 3 rings (SSSR count). The van der Waals surface area contributed by atoms with Crippen LogP contribution in [-0.4, -0.2) is 12.5 Å². The van der Waals surface area contributed by atoms with Crippen LogP contribution in [0.4, 0.5) is 5.69 Å². The normalized spacial score (nSPS) is 11.0. The number of carbonyl (C=O) groups is 1. The van der Waals surface area contributed by atoms with Crippen molar-refractivity contribution in [3.05, 3.63) is 89.2 Å². The van der Waals surface area contributed by atoms with Gasteiger partial charge in [-0.15, -0.1) is 0 Å². The highest BCUT2D eigenvalue weighted by Gasteiger charge is 2.19. The summed E-state index contributed by atoms with van der Waals surface area (Å²) < 4.78 is 7.92. The first-order chi connectivity index (χ1) is 20.1. The van der Waals surface area contributed by atoms with Gasteiger partial charge < -0.3 is 9.64 Å². The van der Waals surface area contributed by atoms with Crippen LogP contribution in [0.3, 0.4) is 0 Å². The molecule has 0 aliphatic carbocycles. The summed E-state index contributed by atoms with van der Waals surface area (Å²) in [4.78, 5) is 15.2. The third kappa shape index (κ3) is 12.3. The fourth-order valence-corrected chi connectivity index (χ4v) is 5.37. The number of aryl methyl sites for hydroxylation is 1.